The van der Waals surface area contributed by atoms with E-state index in [2.05, 4.69) is 0 Å². The Morgan fingerprint density at radius 1 is 0.875 bits per heavy atom. The summed E-state index contributed by atoms with van der Waals surface area (Å²) in [5, 5.41) is 0. The van der Waals surface area contributed by atoms with Gasteiger partial charge in [0, 0.05) is 18.7 Å². The number of carbonyl (C=O) groups excluding carboxylic acids is 2. The Bertz CT molecular complexity index is 331. The quantitative estimate of drug-likeness (QED) is 0.226. The number of carbonyl (C=O) groups is 2. The number of hydrogen-bond acceptors (Lipinski definition) is 4. The van der Waals surface area contributed by atoms with Crippen molar-refractivity contribution in [1.29, 1.82) is 0 Å². The normalized spacial score (nSPS) is 12.2. The summed E-state index contributed by atoms with van der Waals surface area (Å²) in [6.07, 6.45) is 8.42. The van der Waals surface area contributed by atoms with Gasteiger partial charge in [0.1, 0.15) is 6.10 Å². The van der Waals surface area contributed by atoms with Crippen molar-refractivity contribution in [3.05, 3.63) is 0 Å². The number of rotatable bonds is 15. The van der Waals surface area contributed by atoms with E-state index in [1.807, 2.05) is 20.8 Å². The fourth-order valence-corrected chi connectivity index (χ4v) is 2.65. The summed E-state index contributed by atoms with van der Waals surface area (Å²) in [7, 11) is 0. The summed E-state index contributed by atoms with van der Waals surface area (Å²) in [6.45, 7) is 6.56. The molecular weight excluding hydrogens is 328 g/mol. The Hall–Kier alpha value is -0.770. The van der Waals surface area contributed by atoms with Crippen LogP contribution in [0.5, 0.6) is 0 Å². The molecule has 0 aromatic heterocycles. The Morgan fingerprint density at radius 3 is 2.04 bits per heavy atom. The van der Waals surface area contributed by atoms with Crippen LogP contribution in [0.2, 0.25) is 0 Å². The van der Waals surface area contributed by atoms with Crippen LogP contribution in [0, 0.1) is 5.92 Å². The molecule has 0 N–H and O–H groups in total. The van der Waals surface area contributed by atoms with Gasteiger partial charge in [0.2, 0.25) is 0 Å². The van der Waals surface area contributed by atoms with Gasteiger partial charge in [-0.15, -0.1) is 11.6 Å². The summed E-state index contributed by atoms with van der Waals surface area (Å²) in [5.74, 6) is 0.613. The molecule has 0 saturated carbocycles. The molecule has 142 valence electrons. The van der Waals surface area contributed by atoms with Crippen LogP contribution in [0.4, 0.5) is 0 Å². The predicted molar refractivity (Wildman–Crippen MR) is 98.2 cm³/mol. The fourth-order valence-electron chi connectivity index (χ4n) is 2.46. The predicted octanol–water partition coefficient (Wildman–Crippen LogP) is 5.26. The molecule has 0 aromatic rings. The van der Waals surface area contributed by atoms with Crippen molar-refractivity contribution in [1.82, 2.24) is 0 Å². The van der Waals surface area contributed by atoms with Gasteiger partial charge in [0.05, 0.1) is 6.61 Å². The number of hydrogen-bond donors (Lipinski definition) is 0. The summed E-state index contributed by atoms with van der Waals surface area (Å²) >= 11 is 5.62. The SMILES string of the molecule is CCC(OC(=O)CCCC(=O)OCCCCCCCCCl)C(C)C. The van der Waals surface area contributed by atoms with E-state index in [1.165, 1.54) is 12.8 Å². The van der Waals surface area contributed by atoms with E-state index in [-0.39, 0.29) is 30.9 Å². The van der Waals surface area contributed by atoms with Crippen LogP contribution in [0.1, 0.15) is 85.0 Å². The van der Waals surface area contributed by atoms with Crippen molar-refractivity contribution >= 4 is 23.5 Å². The first-order valence-electron chi connectivity index (χ1n) is 9.42. The zero-order valence-corrected chi connectivity index (χ0v) is 16.4. The highest BCUT2D eigenvalue weighted by molar-refractivity contribution is 6.17. The zero-order chi connectivity index (χ0) is 18.2. The van der Waals surface area contributed by atoms with E-state index >= 15 is 0 Å². The topological polar surface area (TPSA) is 52.6 Å². The second-order valence-corrected chi connectivity index (χ2v) is 6.94. The van der Waals surface area contributed by atoms with Gasteiger partial charge in [-0.3, -0.25) is 9.59 Å². The number of esters is 2. The maximum Gasteiger partial charge on any atom is 0.306 e. The molecule has 0 fully saturated rings. The number of ether oxygens (including phenoxy) is 2. The van der Waals surface area contributed by atoms with Crippen molar-refractivity contribution in [2.75, 3.05) is 12.5 Å². The van der Waals surface area contributed by atoms with Gasteiger partial charge >= 0.3 is 11.9 Å². The van der Waals surface area contributed by atoms with Crippen molar-refractivity contribution < 1.29 is 19.1 Å². The third kappa shape index (κ3) is 13.6. The van der Waals surface area contributed by atoms with E-state index in [4.69, 9.17) is 21.1 Å². The van der Waals surface area contributed by atoms with Gasteiger partial charge in [-0.1, -0.05) is 46.5 Å². The molecule has 4 nitrogen and oxygen atoms in total. The molecule has 0 aliphatic carbocycles. The van der Waals surface area contributed by atoms with Gasteiger partial charge < -0.3 is 9.47 Å². The molecule has 0 aliphatic heterocycles. The summed E-state index contributed by atoms with van der Waals surface area (Å²) in [4.78, 5) is 23.3. The maximum atomic E-state index is 11.7. The third-order valence-electron chi connectivity index (χ3n) is 3.98. The fraction of sp³-hybridized carbons (Fsp3) is 0.895. The minimum atomic E-state index is -0.222. The Balaban J connectivity index is 3.54. The molecule has 0 heterocycles. The van der Waals surface area contributed by atoms with Crippen LogP contribution in [-0.2, 0) is 19.1 Å². The van der Waals surface area contributed by atoms with Gasteiger partial charge in [0.15, 0.2) is 0 Å². The highest BCUT2D eigenvalue weighted by Gasteiger charge is 2.16. The molecule has 5 heteroatoms. The first-order valence-corrected chi connectivity index (χ1v) is 9.95. The Labute approximate surface area is 152 Å². The van der Waals surface area contributed by atoms with Crippen molar-refractivity contribution in [2.45, 2.75) is 91.1 Å². The van der Waals surface area contributed by atoms with Crippen molar-refractivity contribution in [3.8, 4) is 0 Å². The Morgan fingerprint density at radius 2 is 1.46 bits per heavy atom. The lowest BCUT2D eigenvalue weighted by Crippen LogP contribution is -2.22. The largest absolute Gasteiger partial charge is 0.466 e. The van der Waals surface area contributed by atoms with E-state index < -0.39 is 0 Å². The maximum absolute atomic E-state index is 11.7. The second kappa shape index (κ2) is 15.7. The van der Waals surface area contributed by atoms with Crippen molar-refractivity contribution in [3.63, 3.8) is 0 Å². The van der Waals surface area contributed by atoms with Gasteiger partial charge in [-0.25, -0.2) is 0 Å². The monoisotopic (exact) mass is 362 g/mol. The molecular formula is C19H35ClO4. The molecule has 0 saturated heterocycles. The smallest absolute Gasteiger partial charge is 0.306 e. The number of alkyl halides is 1. The summed E-state index contributed by atoms with van der Waals surface area (Å²) in [5.41, 5.74) is 0. The summed E-state index contributed by atoms with van der Waals surface area (Å²) < 4.78 is 10.6. The standard InChI is InChI=1S/C19H35ClO4/c1-4-17(16(2)3)24-19(22)13-11-12-18(21)23-15-10-8-6-5-7-9-14-20/h16-17H,4-15H2,1-3H3. The second-order valence-electron chi connectivity index (χ2n) is 6.56. The Kier molecular flexibility index (Phi) is 15.2. The summed E-state index contributed by atoms with van der Waals surface area (Å²) in [6, 6.07) is 0. The lowest BCUT2D eigenvalue weighted by Gasteiger charge is -2.19. The van der Waals surface area contributed by atoms with Crippen LogP contribution in [0.15, 0.2) is 0 Å². The van der Waals surface area contributed by atoms with Crippen LogP contribution >= 0.6 is 11.6 Å². The van der Waals surface area contributed by atoms with Gasteiger partial charge in [-0.2, -0.15) is 0 Å². The lowest BCUT2D eigenvalue weighted by atomic mass is 10.1. The van der Waals surface area contributed by atoms with Gasteiger partial charge in [0.25, 0.3) is 0 Å². The lowest BCUT2D eigenvalue weighted by molar-refractivity contribution is -0.151. The molecule has 0 bridgehead atoms. The molecule has 0 rings (SSSR count). The highest BCUT2D eigenvalue weighted by Crippen LogP contribution is 2.12. The molecule has 1 atom stereocenters. The molecule has 0 amide bonds. The van der Waals surface area contributed by atoms with Crippen LogP contribution in [-0.4, -0.2) is 30.5 Å². The average molecular weight is 363 g/mol. The van der Waals surface area contributed by atoms with Crippen LogP contribution < -0.4 is 0 Å². The first kappa shape index (κ1) is 23.2. The zero-order valence-electron chi connectivity index (χ0n) is 15.7. The van der Waals surface area contributed by atoms with Crippen LogP contribution in [0.25, 0.3) is 0 Å². The molecule has 0 aliphatic rings. The number of halogens is 1. The third-order valence-corrected chi connectivity index (χ3v) is 4.25. The average Bonchev–Trinajstić information content (AvgIpc) is 2.54. The molecule has 0 radical (unpaired) electrons. The van der Waals surface area contributed by atoms with E-state index in [0.717, 1.165) is 38.0 Å². The van der Waals surface area contributed by atoms with E-state index in [1.54, 1.807) is 0 Å². The minimum Gasteiger partial charge on any atom is -0.466 e. The minimum absolute atomic E-state index is 0.0334. The van der Waals surface area contributed by atoms with Crippen molar-refractivity contribution in [2.24, 2.45) is 5.92 Å². The first-order chi connectivity index (χ1) is 11.5. The van der Waals surface area contributed by atoms with Crippen LogP contribution in [0.3, 0.4) is 0 Å². The molecule has 1 unspecified atom stereocenters. The molecule has 0 aromatic carbocycles. The number of unbranched alkanes of at least 4 members (excludes halogenated alkanes) is 5. The van der Waals surface area contributed by atoms with E-state index in [9.17, 15) is 9.59 Å². The highest BCUT2D eigenvalue weighted by atomic mass is 35.5. The molecule has 0 spiro atoms. The van der Waals surface area contributed by atoms with E-state index in [0.29, 0.717) is 18.9 Å². The van der Waals surface area contributed by atoms with Gasteiger partial charge in [-0.05, 0) is 31.6 Å². The molecule has 24 heavy (non-hydrogen) atoms.